The third-order valence-electron chi connectivity index (χ3n) is 4.33. The van der Waals surface area contributed by atoms with Crippen LogP contribution in [0.5, 0.6) is 0 Å². The summed E-state index contributed by atoms with van der Waals surface area (Å²) >= 11 is 0. The van der Waals surface area contributed by atoms with Crippen molar-refractivity contribution < 1.29 is 4.79 Å². The van der Waals surface area contributed by atoms with Gasteiger partial charge in [0.05, 0.1) is 0 Å². The molecule has 1 aliphatic heterocycles. The first-order valence-corrected chi connectivity index (χ1v) is 7.88. The lowest BCUT2D eigenvalue weighted by Gasteiger charge is -2.35. The topological polar surface area (TPSA) is 23.6 Å². The molecule has 0 aromatic carbocycles. The van der Waals surface area contributed by atoms with Gasteiger partial charge in [-0.25, -0.2) is 0 Å². The monoisotopic (exact) mass is 268 g/mol. The van der Waals surface area contributed by atoms with Crippen molar-refractivity contribution in [3.05, 3.63) is 0 Å². The summed E-state index contributed by atoms with van der Waals surface area (Å²) in [7, 11) is 2.20. The van der Waals surface area contributed by atoms with E-state index < -0.39 is 0 Å². The van der Waals surface area contributed by atoms with E-state index in [9.17, 15) is 4.79 Å². The standard InChI is InChI=1S/C16H32N2O/c1-13(2)6-7-16(19)18-10-8-15(9-11-18)12-17(5)14(3)4/h13-15H,6-12H2,1-5H3. The molecule has 3 heteroatoms. The van der Waals surface area contributed by atoms with Gasteiger partial charge in [0, 0.05) is 32.1 Å². The Hall–Kier alpha value is -0.570. The van der Waals surface area contributed by atoms with Crippen LogP contribution in [-0.4, -0.2) is 48.4 Å². The molecule has 19 heavy (non-hydrogen) atoms. The van der Waals surface area contributed by atoms with Crippen LogP contribution in [0, 0.1) is 11.8 Å². The van der Waals surface area contributed by atoms with Crippen molar-refractivity contribution in [3.8, 4) is 0 Å². The van der Waals surface area contributed by atoms with Gasteiger partial charge in [-0.15, -0.1) is 0 Å². The highest BCUT2D eigenvalue weighted by molar-refractivity contribution is 5.76. The van der Waals surface area contributed by atoms with Gasteiger partial charge in [0.15, 0.2) is 0 Å². The Kier molecular flexibility index (Phi) is 6.84. The van der Waals surface area contributed by atoms with Gasteiger partial charge in [-0.3, -0.25) is 4.79 Å². The SMILES string of the molecule is CC(C)CCC(=O)N1CCC(CN(C)C(C)C)CC1. The Morgan fingerprint density at radius 1 is 1.21 bits per heavy atom. The van der Waals surface area contributed by atoms with Crippen LogP contribution in [0.4, 0.5) is 0 Å². The van der Waals surface area contributed by atoms with E-state index in [2.05, 4.69) is 44.5 Å². The number of piperidine rings is 1. The van der Waals surface area contributed by atoms with Crippen molar-refractivity contribution in [2.75, 3.05) is 26.7 Å². The van der Waals surface area contributed by atoms with E-state index >= 15 is 0 Å². The molecule has 0 saturated carbocycles. The van der Waals surface area contributed by atoms with E-state index in [-0.39, 0.29) is 0 Å². The normalized spacial score (nSPS) is 17.8. The summed E-state index contributed by atoms with van der Waals surface area (Å²) < 4.78 is 0. The zero-order valence-corrected chi connectivity index (χ0v) is 13.5. The van der Waals surface area contributed by atoms with Crippen LogP contribution in [0.2, 0.25) is 0 Å². The average molecular weight is 268 g/mol. The molecular formula is C16H32N2O. The first-order chi connectivity index (χ1) is 8.90. The van der Waals surface area contributed by atoms with Gasteiger partial charge in [-0.1, -0.05) is 13.8 Å². The Labute approximate surface area is 119 Å². The van der Waals surface area contributed by atoms with Crippen molar-refractivity contribution in [1.82, 2.24) is 9.80 Å². The highest BCUT2D eigenvalue weighted by Gasteiger charge is 2.23. The van der Waals surface area contributed by atoms with E-state index in [1.165, 1.54) is 19.4 Å². The van der Waals surface area contributed by atoms with Gasteiger partial charge in [0.25, 0.3) is 0 Å². The molecule has 3 nitrogen and oxygen atoms in total. The van der Waals surface area contributed by atoms with E-state index in [0.717, 1.165) is 31.8 Å². The fourth-order valence-corrected chi connectivity index (χ4v) is 2.55. The summed E-state index contributed by atoms with van der Waals surface area (Å²) in [5.41, 5.74) is 0. The van der Waals surface area contributed by atoms with Crippen LogP contribution in [0.15, 0.2) is 0 Å². The van der Waals surface area contributed by atoms with Gasteiger partial charge in [0.1, 0.15) is 0 Å². The molecule has 1 aliphatic rings. The quantitative estimate of drug-likeness (QED) is 0.739. The molecule has 1 saturated heterocycles. The van der Waals surface area contributed by atoms with Crippen LogP contribution in [0.1, 0.15) is 53.4 Å². The predicted octanol–water partition coefficient (Wildman–Crippen LogP) is 3.00. The number of hydrogen-bond donors (Lipinski definition) is 0. The van der Waals surface area contributed by atoms with Gasteiger partial charge in [-0.05, 0) is 52.0 Å². The summed E-state index contributed by atoms with van der Waals surface area (Å²) in [5, 5.41) is 0. The molecule has 0 atom stereocenters. The maximum atomic E-state index is 12.1. The second-order valence-electron chi connectivity index (χ2n) is 6.79. The van der Waals surface area contributed by atoms with Gasteiger partial charge < -0.3 is 9.80 Å². The first-order valence-electron chi connectivity index (χ1n) is 7.88. The predicted molar refractivity (Wildman–Crippen MR) is 81.1 cm³/mol. The minimum absolute atomic E-state index is 0.365. The largest absolute Gasteiger partial charge is 0.343 e. The van der Waals surface area contributed by atoms with Gasteiger partial charge >= 0.3 is 0 Å². The number of likely N-dealkylation sites (tertiary alicyclic amines) is 1. The molecule has 0 aromatic heterocycles. The fourth-order valence-electron chi connectivity index (χ4n) is 2.55. The Morgan fingerprint density at radius 2 is 1.79 bits per heavy atom. The summed E-state index contributed by atoms with van der Waals surface area (Å²) in [6.07, 6.45) is 4.10. The maximum Gasteiger partial charge on any atom is 0.222 e. The summed E-state index contributed by atoms with van der Waals surface area (Å²) in [6, 6.07) is 0.616. The zero-order chi connectivity index (χ0) is 14.4. The smallest absolute Gasteiger partial charge is 0.222 e. The zero-order valence-electron chi connectivity index (χ0n) is 13.5. The highest BCUT2D eigenvalue weighted by atomic mass is 16.2. The molecule has 112 valence electrons. The first kappa shape index (κ1) is 16.5. The second kappa shape index (κ2) is 7.88. The molecule has 0 unspecified atom stereocenters. The van der Waals surface area contributed by atoms with Gasteiger partial charge in [-0.2, -0.15) is 0 Å². The number of carbonyl (C=O) groups is 1. The van der Waals surface area contributed by atoms with Crippen molar-refractivity contribution in [2.24, 2.45) is 11.8 Å². The van der Waals surface area contributed by atoms with Crippen molar-refractivity contribution in [3.63, 3.8) is 0 Å². The van der Waals surface area contributed by atoms with Crippen LogP contribution in [0.25, 0.3) is 0 Å². The Bertz CT molecular complexity index is 268. The van der Waals surface area contributed by atoms with Crippen LogP contribution < -0.4 is 0 Å². The van der Waals surface area contributed by atoms with Crippen molar-refractivity contribution in [1.29, 1.82) is 0 Å². The molecule has 1 heterocycles. The number of nitrogens with zero attached hydrogens (tertiary/aromatic N) is 2. The third kappa shape index (κ3) is 5.94. The molecule has 0 N–H and O–H groups in total. The van der Waals surface area contributed by atoms with E-state index in [1.54, 1.807) is 0 Å². The lowest BCUT2D eigenvalue weighted by atomic mass is 9.95. The fraction of sp³-hybridized carbons (Fsp3) is 0.938. The minimum atomic E-state index is 0.365. The minimum Gasteiger partial charge on any atom is -0.343 e. The van der Waals surface area contributed by atoms with E-state index in [0.29, 0.717) is 17.9 Å². The number of hydrogen-bond acceptors (Lipinski definition) is 2. The number of amides is 1. The molecule has 0 bridgehead atoms. The summed E-state index contributed by atoms with van der Waals surface area (Å²) in [5.74, 6) is 1.76. The lowest BCUT2D eigenvalue weighted by Crippen LogP contribution is -2.42. The molecule has 0 radical (unpaired) electrons. The Balaban J connectivity index is 2.26. The third-order valence-corrected chi connectivity index (χ3v) is 4.33. The van der Waals surface area contributed by atoms with E-state index in [1.807, 2.05) is 0 Å². The molecule has 0 aromatic rings. The molecule has 1 rings (SSSR count). The highest BCUT2D eigenvalue weighted by Crippen LogP contribution is 2.20. The molecule has 1 amide bonds. The maximum absolute atomic E-state index is 12.1. The van der Waals surface area contributed by atoms with E-state index in [4.69, 9.17) is 0 Å². The summed E-state index contributed by atoms with van der Waals surface area (Å²) in [4.78, 5) is 16.6. The second-order valence-corrected chi connectivity index (χ2v) is 6.79. The average Bonchev–Trinajstić information content (AvgIpc) is 2.36. The number of carbonyl (C=O) groups excluding carboxylic acids is 1. The van der Waals surface area contributed by atoms with Crippen LogP contribution in [-0.2, 0) is 4.79 Å². The van der Waals surface area contributed by atoms with Crippen molar-refractivity contribution >= 4 is 5.91 Å². The van der Waals surface area contributed by atoms with Crippen LogP contribution in [0.3, 0.4) is 0 Å². The molecule has 0 spiro atoms. The van der Waals surface area contributed by atoms with Crippen LogP contribution >= 0.6 is 0 Å². The van der Waals surface area contributed by atoms with Crippen molar-refractivity contribution in [2.45, 2.75) is 59.4 Å². The number of rotatable bonds is 6. The lowest BCUT2D eigenvalue weighted by molar-refractivity contribution is -0.132. The summed E-state index contributed by atoms with van der Waals surface area (Å²) in [6.45, 7) is 11.9. The molecule has 0 aliphatic carbocycles. The molecular weight excluding hydrogens is 236 g/mol. The Morgan fingerprint density at radius 3 is 2.26 bits per heavy atom. The van der Waals surface area contributed by atoms with Gasteiger partial charge in [0.2, 0.25) is 5.91 Å². The molecule has 1 fully saturated rings.